The van der Waals surface area contributed by atoms with Crippen molar-refractivity contribution in [1.82, 2.24) is 0 Å². The zero-order valence-electron chi connectivity index (χ0n) is 9.87. The minimum Gasteiger partial charge on any atom is -0.493 e. The Hall–Kier alpha value is -1.58. The fourth-order valence-electron chi connectivity index (χ4n) is 2.18. The van der Waals surface area contributed by atoms with E-state index in [-0.39, 0.29) is 11.7 Å². The molecule has 1 aromatic rings. The second kappa shape index (κ2) is 4.02. The molecule has 1 N–H and O–H groups in total. The molecule has 0 radical (unpaired) electrons. The number of carbonyl (C=O) groups is 1. The first-order valence-corrected chi connectivity index (χ1v) is 5.56. The van der Waals surface area contributed by atoms with Crippen molar-refractivity contribution in [3.8, 4) is 5.75 Å². The van der Waals surface area contributed by atoms with E-state index < -0.39 is 11.4 Å². The highest BCUT2D eigenvalue weighted by molar-refractivity contribution is 5.73. The van der Waals surface area contributed by atoms with Crippen LogP contribution in [0.25, 0.3) is 0 Å². The monoisotopic (exact) mass is 238 g/mol. The van der Waals surface area contributed by atoms with E-state index >= 15 is 0 Å². The standard InChI is InChI=1S/C13H15FO3/c1-13(2,12(15)16)6-8-7-17-10-5-3-4-9(14)11(8)10/h3-5,8H,6-7H2,1-2H3,(H,15,16). The lowest BCUT2D eigenvalue weighted by Gasteiger charge is -2.22. The molecule has 0 aliphatic carbocycles. The van der Waals surface area contributed by atoms with Gasteiger partial charge in [0.2, 0.25) is 0 Å². The molecular formula is C13H15FO3. The molecule has 4 heteroatoms. The fourth-order valence-corrected chi connectivity index (χ4v) is 2.18. The molecule has 0 saturated carbocycles. The zero-order chi connectivity index (χ0) is 12.6. The van der Waals surface area contributed by atoms with E-state index in [1.807, 2.05) is 0 Å². The average molecular weight is 238 g/mol. The highest BCUT2D eigenvalue weighted by atomic mass is 19.1. The minimum absolute atomic E-state index is 0.183. The average Bonchev–Trinajstić information content (AvgIpc) is 2.62. The van der Waals surface area contributed by atoms with Gasteiger partial charge in [-0.25, -0.2) is 4.39 Å². The van der Waals surface area contributed by atoms with E-state index in [9.17, 15) is 9.18 Å². The molecule has 1 atom stereocenters. The van der Waals surface area contributed by atoms with E-state index in [4.69, 9.17) is 9.84 Å². The molecular weight excluding hydrogens is 223 g/mol. The van der Waals surface area contributed by atoms with Crippen LogP contribution in [0.5, 0.6) is 5.75 Å². The van der Waals surface area contributed by atoms with Gasteiger partial charge in [-0.15, -0.1) is 0 Å². The van der Waals surface area contributed by atoms with Gasteiger partial charge in [-0.3, -0.25) is 4.79 Å². The van der Waals surface area contributed by atoms with E-state index in [1.165, 1.54) is 6.07 Å². The lowest BCUT2D eigenvalue weighted by molar-refractivity contribution is -0.147. The number of carboxylic acids is 1. The number of halogens is 1. The van der Waals surface area contributed by atoms with Gasteiger partial charge in [0.05, 0.1) is 12.0 Å². The van der Waals surface area contributed by atoms with Crippen LogP contribution < -0.4 is 4.74 Å². The van der Waals surface area contributed by atoms with Crippen LogP contribution in [-0.4, -0.2) is 17.7 Å². The van der Waals surface area contributed by atoms with E-state index in [0.717, 1.165) is 0 Å². The van der Waals surface area contributed by atoms with Crippen molar-refractivity contribution in [3.63, 3.8) is 0 Å². The van der Waals surface area contributed by atoms with E-state index in [0.29, 0.717) is 24.3 Å². The van der Waals surface area contributed by atoms with Crippen LogP contribution in [-0.2, 0) is 4.79 Å². The Balaban J connectivity index is 2.26. The van der Waals surface area contributed by atoms with Crippen molar-refractivity contribution in [2.45, 2.75) is 26.2 Å². The van der Waals surface area contributed by atoms with Gasteiger partial charge in [0.25, 0.3) is 0 Å². The predicted molar refractivity (Wildman–Crippen MR) is 60.7 cm³/mol. The van der Waals surface area contributed by atoms with Gasteiger partial charge in [-0.05, 0) is 32.4 Å². The zero-order valence-corrected chi connectivity index (χ0v) is 9.87. The SMILES string of the molecule is CC(C)(CC1COc2cccc(F)c21)C(=O)O. The summed E-state index contributed by atoms with van der Waals surface area (Å²) in [5, 5.41) is 9.08. The highest BCUT2D eigenvalue weighted by Crippen LogP contribution is 2.41. The maximum absolute atomic E-state index is 13.7. The first-order chi connectivity index (χ1) is 7.92. The summed E-state index contributed by atoms with van der Waals surface area (Å²) in [7, 11) is 0. The van der Waals surface area contributed by atoms with Gasteiger partial charge in [-0.1, -0.05) is 6.07 Å². The predicted octanol–water partition coefficient (Wildman–Crippen LogP) is 2.80. The molecule has 17 heavy (non-hydrogen) atoms. The summed E-state index contributed by atoms with van der Waals surface area (Å²) in [6.07, 6.45) is 0.371. The van der Waals surface area contributed by atoms with Crippen molar-refractivity contribution in [2.24, 2.45) is 5.41 Å². The molecule has 92 valence electrons. The van der Waals surface area contributed by atoms with Gasteiger partial charge in [0.1, 0.15) is 11.6 Å². The smallest absolute Gasteiger partial charge is 0.309 e. The van der Waals surface area contributed by atoms with Gasteiger partial charge in [-0.2, -0.15) is 0 Å². The normalized spacial score (nSPS) is 18.6. The van der Waals surface area contributed by atoms with E-state index in [1.54, 1.807) is 26.0 Å². The summed E-state index contributed by atoms with van der Waals surface area (Å²) in [5.74, 6) is -0.832. The molecule has 1 aliphatic heterocycles. The third-order valence-corrected chi connectivity index (χ3v) is 3.20. The van der Waals surface area contributed by atoms with Gasteiger partial charge >= 0.3 is 5.97 Å². The number of hydrogen-bond acceptors (Lipinski definition) is 2. The Morgan fingerprint density at radius 2 is 2.29 bits per heavy atom. The minimum atomic E-state index is -0.877. The lowest BCUT2D eigenvalue weighted by atomic mass is 9.80. The molecule has 2 rings (SSSR count). The Labute approximate surface area is 99.2 Å². The van der Waals surface area contributed by atoms with Crippen LogP contribution in [0, 0.1) is 11.2 Å². The maximum atomic E-state index is 13.7. The van der Waals surface area contributed by atoms with Crippen molar-refractivity contribution in [2.75, 3.05) is 6.61 Å². The molecule has 3 nitrogen and oxygen atoms in total. The van der Waals surface area contributed by atoms with Crippen molar-refractivity contribution >= 4 is 5.97 Å². The summed E-state index contributed by atoms with van der Waals surface area (Å²) in [6, 6.07) is 4.69. The van der Waals surface area contributed by atoms with E-state index in [2.05, 4.69) is 0 Å². The molecule has 1 unspecified atom stereocenters. The van der Waals surface area contributed by atoms with Crippen LogP contribution in [0.4, 0.5) is 4.39 Å². The second-order valence-corrected chi connectivity index (χ2v) is 5.05. The van der Waals surface area contributed by atoms with Crippen molar-refractivity contribution < 1.29 is 19.0 Å². The van der Waals surface area contributed by atoms with Gasteiger partial charge in [0.15, 0.2) is 0 Å². The van der Waals surface area contributed by atoms with Crippen molar-refractivity contribution in [3.05, 3.63) is 29.6 Å². The first kappa shape index (κ1) is 11.9. The van der Waals surface area contributed by atoms with Crippen LogP contribution >= 0.6 is 0 Å². The number of benzene rings is 1. The first-order valence-electron chi connectivity index (χ1n) is 5.56. The largest absolute Gasteiger partial charge is 0.493 e. The quantitative estimate of drug-likeness (QED) is 0.880. The van der Waals surface area contributed by atoms with Crippen LogP contribution in [0.3, 0.4) is 0 Å². The molecule has 0 fully saturated rings. The van der Waals surface area contributed by atoms with Crippen molar-refractivity contribution in [1.29, 1.82) is 0 Å². The number of ether oxygens (including phenoxy) is 1. The molecule has 0 spiro atoms. The molecule has 0 amide bonds. The number of hydrogen-bond donors (Lipinski definition) is 1. The summed E-state index contributed by atoms with van der Waals surface area (Å²) >= 11 is 0. The lowest BCUT2D eigenvalue weighted by Crippen LogP contribution is -2.26. The summed E-state index contributed by atoms with van der Waals surface area (Å²) < 4.78 is 19.1. The number of carboxylic acid groups (broad SMARTS) is 1. The molecule has 0 saturated heterocycles. The van der Waals surface area contributed by atoms with Gasteiger partial charge in [0, 0.05) is 11.5 Å². The third kappa shape index (κ3) is 2.12. The molecule has 1 aliphatic rings. The Bertz CT molecular complexity index is 454. The Morgan fingerprint density at radius 3 is 2.94 bits per heavy atom. The van der Waals surface area contributed by atoms with Crippen LogP contribution in [0.1, 0.15) is 31.7 Å². The number of aliphatic carboxylic acids is 1. The molecule has 0 aromatic heterocycles. The molecule has 1 aromatic carbocycles. The topological polar surface area (TPSA) is 46.5 Å². The maximum Gasteiger partial charge on any atom is 0.309 e. The molecule has 0 bridgehead atoms. The number of rotatable bonds is 3. The highest BCUT2D eigenvalue weighted by Gasteiger charge is 2.36. The fraction of sp³-hybridized carbons (Fsp3) is 0.462. The van der Waals surface area contributed by atoms with Gasteiger partial charge < -0.3 is 9.84 Å². The third-order valence-electron chi connectivity index (χ3n) is 3.20. The number of fused-ring (bicyclic) bond motifs is 1. The Kier molecular flexibility index (Phi) is 2.81. The molecule has 1 heterocycles. The summed E-state index contributed by atoms with van der Waals surface area (Å²) in [4.78, 5) is 11.1. The summed E-state index contributed by atoms with van der Waals surface area (Å²) in [6.45, 7) is 3.65. The Morgan fingerprint density at radius 1 is 1.59 bits per heavy atom. The van der Waals surface area contributed by atoms with Crippen LogP contribution in [0.15, 0.2) is 18.2 Å². The van der Waals surface area contributed by atoms with Crippen LogP contribution in [0.2, 0.25) is 0 Å². The summed E-state index contributed by atoms with van der Waals surface area (Å²) in [5.41, 5.74) is -0.361. The second-order valence-electron chi connectivity index (χ2n) is 5.05.